The van der Waals surface area contributed by atoms with Gasteiger partial charge in [0, 0.05) is 37.4 Å². The van der Waals surface area contributed by atoms with Crippen molar-refractivity contribution in [3.05, 3.63) is 78.0 Å². The largest absolute Gasteiger partial charge is 0.379 e. The number of carbonyl (C=O) groups excluding carboxylic acids is 1. The second kappa shape index (κ2) is 9.52. The Bertz CT molecular complexity index is 1260. The van der Waals surface area contributed by atoms with Gasteiger partial charge in [0.1, 0.15) is 0 Å². The Morgan fingerprint density at radius 1 is 1.06 bits per heavy atom. The number of nitrogens with one attached hydrogen (secondary N) is 1. The quantitative estimate of drug-likeness (QED) is 0.485. The molecule has 1 N–H and O–H groups in total. The van der Waals surface area contributed by atoms with Crippen LogP contribution in [0, 0.1) is 0 Å². The first kappa shape index (κ1) is 21.3. The fourth-order valence-electron chi connectivity index (χ4n) is 4.19. The summed E-state index contributed by atoms with van der Waals surface area (Å²) in [5.41, 5.74) is 4.91. The van der Waals surface area contributed by atoms with Crippen molar-refractivity contribution >= 4 is 22.6 Å². The van der Waals surface area contributed by atoms with E-state index in [1.54, 1.807) is 6.20 Å². The summed E-state index contributed by atoms with van der Waals surface area (Å²) in [6, 6.07) is 19.8. The first-order valence-corrected chi connectivity index (χ1v) is 11.3. The molecule has 3 heterocycles. The third kappa shape index (κ3) is 4.51. The maximum Gasteiger partial charge on any atom is 0.256 e. The van der Waals surface area contributed by atoms with Gasteiger partial charge in [0.2, 0.25) is 0 Å². The van der Waals surface area contributed by atoms with Gasteiger partial charge in [-0.2, -0.15) is 5.10 Å². The first-order valence-electron chi connectivity index (χ1n) is 11.3. The van der Waals surface area contributed by atoms with Crippen LogP contribution in [0.2, 0.25) is 0 Å². The SMILES string of the molecule is CCn1ncc2c(C(=O)Nc3ccccc3CN3CCOCC3)cc(-c3ccccc3)nc21. The molecule has 1 fully saturated rings. The minimum Gasteiger partial charge on any atom is -0.379 e. The van der Waals surface area contributed by atoms with E-state index < -0.39 is 0 Å². The van der Waals surface area contributed by atoms with Gasteiger partial charge in [0.25, 0.3) is 5.91 Å². The Morgan fingerprint density at radius 3 is 2.61 bits per heavy atom. The Kier molecular flexibility index (Phi) is 6.15. The normalized spacial score (nSPS) is 14.5. The van der Waals surface area contributed by atoms with Crippen LogP contribution in [0.1, 0.15) is 22.8 Å². The topological polar surface area (TPSA) is 72.3 Å². The molecule has 0 aliphatic carbocycles. The van der Waals surface area contributed by atoms with Crippen molar-refractivity contribution in [3.63, 3.8) is 0 Å². The first-order chi connectivity index (χ1) is 16.2. The summed E-state index contributed by atoms with van der Waals surface area (Å²) in [6.45, 7) is 6.74. The molecule has 1 saturated heterocycles. The van der Waals surface area contributed by atoms with Gasteiger partial charge in [-0.15, -0.1) is 0 Å². The van der Waals surface area contributed by atoms with Gasteiger partial charge in [-0.1, -0.05) is 48.5 Å². The van der Waals surface area contributed by atoms with Crippen molar-refractivity contribution in [2.45, 2.75) is 20.0 Å². The summed E-state index contributed by atoms with van der Waals surface area (Å²) in [4.78, 5) is 20.7. The third-order valence-electron chi connectivity index (χ3n) is 5.99. The number of carbonyl (C=O) groups is 1. The lowest BCUT2D eigenvalue weighted by atomic mass is 10.1. The zero-order valence-electron chi connectivity index (χ0n) is 18.7. The number of rotatable bonds is 6. The Morgan fingerprint density at radius 2 is 1.82 bits per heavy atom. The van der Waals surface area contributed by atoms with E-state index >= 15 is 0 Å². The molecule has 2 aromatic heterocycles. The third-order valence-corrected chi connectivity index (χ3v) is 5.99. The van der Waals surface area contributed by atoms with Gasteiger partial charge >= 0.3 is 0 Å². The number of amides is 1. The van der Waals surface area contributed by atoms with Crippen molar-refractivity contribution in [2.75, 3.05) is 31.6 Å². The van der Waals surface area contributed by atoms with Crippen LogP contribution < -0.4 is 5.32 Å². The fourth-order valence-corrected chi connectivity index (χ4v) is 4.19. The highest BCUT2D eigenvalue weighted by molar-refractivity contribution is 6.12. The number of para-hydroxylation sites is 1. The van der Waals surface area contributed by atoms with Crippen molar-refractivity contribution in [2.24, 2.45) is 0 Å². The lowest BCUT2D eigenvalue weighted by Gasteiger charge is -2.27. The molecule has 0 radical (unpaired) electrons. The highest BCUT2D eigenvalue weighted by Gasteiger charge is 2.19. The van der Waals surface area contributed by atoms with E-state index in [4.69, 9.17) is 9.72 Å². The molecule has 1 aliphatic rings. The van der Waals surface area contributed by atoms with Gasteiger partial charge in [-0.3, -0.25) is 9.69 Å². The van der Waals surface area contributed by atoms with E-state index in [1.807, 2.05) is 66.2 Å². The molecule has 1 aliphatic heterocycles. The van der Waals surface area contributed by atoms with E-state index in [0.29, 0.717) is 17.8 Å². The smallest absolute Gasteiger partial charge is 0.256 e. The molecule has 0 bridgehead atoms. The summed E-state index contributed by atoms with van der Waals surface area (Å²) in [6.07, 6.45) is 1.73. The number of fused-ring (bicyclic) bond motifs is 1. The second-order valence-corrected chi connectivity index (χ2v) is 8.12. The zero-order chi connectivity index (χ0) is 22.6. The summed E-state index contributed by atoms with van der Waals surface area (Å²) in [7, 11) is 0. The second-order valence-electron chi connectivity index (χ2n) is 8.12. The minimum absolute atomic E-state index is 0.162. The van der Waals surface area contributed by atoms with Crippen LogP contribution in [0.15, 0.2) is 66.9 Å². The molecule has 0 spiro atoms. The average molecular weight is 442 g/mol. The molecule has 7 heteroatoms. The van der Waals surface area contributed by atoms with Gasteiger partial charge in [-0.05, 0) is 24.6 Å². The lowest BCUT2D eigenvalue weighted by Crippen LogP contribution is -2.35. The highest BCUT2D eigenvalue weighted by atomic mass is 16.5. The van der Waals surface area contributed by atoms with Gasteiger partial charge in [0.15, 0.2) is 5.65 Å². The molecule has 33 heavy (non-hydrogen) atoms. The Balaban J connectivity index is 1.50. The fraction of sp³-hybridized carbons (Fsp3) is 0.269. The molecule has 1 amide bonds. The number of ether oxygens (including phenoxy) is 1. The standard InChI is InChI=1S/C26H27N5O2/c1-2-31-25-22(17-27-31)21(16-24(28-25)19-8-4-3-5-9-19)26(32)29-23-11-7-6-10-20(23)18-30-12-14-33-15-13-30/h3-11,16-17H,2,12-15,18H2,1H3,(H,29,32). The minimum atomic E-state index is -0.162. The van der Waals surface area contributed by atoms with Crippen LogP contribution in [-0.2, 0) is 17.8 Å². The predicted molar refractivity (Wildman–Crippen MR) is 129 cm³/mol. The van der Waals surface area contributed by atoms with Gasteiger partial charge in [-0.25, -0.2) is 9.67 Å². The van der Waals surface area contributed by atoms with E-state index in [-0.39, 0.29) is 5.91 Å². The highest BCUT2D eigenvalue weighted by Crippen LogP contribution is 2.26. The molecule has 5 rings (SSSR count). The molecular formula is C26H27N5O2. The van der Waals surface area contributed by atoms with E-state index in [2.05, 4.69) is 21.4 Å². The van der Waals surface area contributed by atoms with Crippen LogP contribution in [0.5, 0.6) is 0 Å². The van der Waals surface area contributed by atoms with Crippen LogP contribution in [0.25, 0.3) is 22.3 Å². The number of benzene rings is 2. The molecule has 7 nitrogen and oxygen atoms in total. The Hall–Kier alpha value is -3.55. The number of aryl methyl sites for hydroxylation is 1. The number of hydrogen-bond donors (Lipinski definition) is 1. The van der Waals surface area contributed by atoms with E-state index in [9.17, 15) is 4.79 Å². The number of nitrogens with zero attached hydrogens (tertiary/aromatic N) is 4. The maximum absolute atomic E-state index is 13.5. The van der Waals surface area contributed by atoms with Crippen LogP contribution >= 0.6 is 0 Å². The van der Waals surface area contributed by atoms with Crippen molar-refractivity contribution in [3.8, 4) is 11.3 Å². The maximum atomic E-state index is 13.5. The summed E-state index contributed by atoms with van der Waals surface area (Å²) in [5, 5.41) is 8.35. The molecule has 0 saturated carbocycles. The monoisotopic (exact) mass is 441 g/mol. The van der Waals surface area contributed by atoms with Crippen LogP contribution in [0.4, 0.5) is 5.69 Å². The van der Waals surface area contributed by atoms with E-state index in [1.165, 1.54) is 0 Å². The van der Waals surface area contributed by atoms with Crippen molar-refractivity contribution < 1.29 is 9.53 Å². The van der Waals surface area contributed by atoms with Crippen molar-refractivity contribution in [1.82, 2.24) is 19.7 Å². The summed E-state index contributed by atoms with van der Waals surface area (Å²) in [5.74, 6) is -0.162. The summed E-state index contributed by atoms with van der Waals surface area (Å²) < 4.78 is 7.29. The van der Waals surface area contributed by atoms with Gasteiger partial charge < -0.3 is 10.1 Å². The average Bonchev–Trinajstić information content (AvgIpc) is 3.29. The predicted octanol–water partition coefficient (Wildman–Crippen LogP) is 4.20. The Labute approximate surface area is 193 Å². The zero-order valence-corrected chi connectivity index (χ0v) is 18.7. The molecule has 0 atom stereocenters. The number of pyridine rings is 1. The number of morpholine rings is 1. The summed E-state index contributed by atoms with van der Waals surface area (Å²) >= 11 is 0. The number of aromatic nitrogens is 3. The number of hydrogen-bond acceptors (Lipinski definition) is 5. The molecule has 168 valence electrons. The molecule has 2 aromatic carbocycles. The van der Waals surface area contributed by atoms with Crippen molar-refractivity contribution in [1.29, 1.82) is 0 Å². The number of anilines is 1. The van der Waals surface area contributed by atoms with Gasteiger partial charge in [0.05, 0.1) is 36.1 Å². The molecular weight excluding hydrogens is 414 g/mol. The van der Waals surface area contributed by atoms with E-state index in [0.717, 1.165) is 60.7 Å². The molecule has 0 unspecified atom stereocenters. The lowest BCUT2D eigenvalue weighted by molar-refractivity contribution is 0.0342. The molecule has 4 aromatic rings. The van der Waals surface area contributed by atoms with Crippen LogP contribution in [0.3, 0.4) is 0 Å². The van der Waals surface area contributed by atoms with Crippen LogP contribution in [-0.4, -0.2) is 51.9 Å².